The van der Waals surface area contributed by atoms with Gasteiger partial charge in [0, 0.05) is 6.42 Å². The van der Waals surface area contributed by atoms with E-state index in [9.17, 15) is 13.2 Å². The van der Waals surface area contributed by atoms with Crippen LogP contribution in [0.5, 0.6) is 0 Å². The van der Waals surface area contributed by atoms with Gasteiger partial charge in [0.05, 0.1) is 0 Å². The molecule has 0 radical (unpaired) electrons. The Kier molecular flexibility index (Phi) is 4.44. The second-order valence-electron chi connectivity index (χ2n) is 2.33. The fourth-order valence-corrected chi connectivity index (χ4v) is 1.92. The van der Waals surface area contributed by atoms with E-state index in [1.165, 1.54) is 6.08 Å². The summed E-state index contributed by atoms with van der Waals surface area (Å²) >= 11 is 0. The summed E-state index contributed by atoms with van der Waals surface area (Å²) in [5.74, 6) is 0. The van der Waals surface area contributed by atoms with Crippen molar-refractivity contribution in [2.24, 2.45) is 0 Å². The van der Waals surface area contributed by atoms with Crippen molar-refractivity contribution in [2.45, 2.75) is 24.7 Å². The molecule has 0 aromatic rings. The van der Waals surface area contributed by atoms with Crippen molar-refractivity contribution in [3.05, 3.63) is 12.7 Å². The molecule has 0 amide bonds. The van der Waals surface area contributed by atoms with Crippen LogP contribution in [-0.2, 0) is 0 Å². The highest BCUT2D eigenvalue weighted by Crippen LogP contribution is 2.22. The Morgan fingerprint density at radius 1 is 1.45 bits per heavy atom. The van der Waals surface area contributed by atoms with Gasteiger partial charge < -0.3 is 4.80 Å². The molecule has 0 aromatic carbocycles. The molecule has 0 rings (SSSR count). The first-order valence-electron chi connectivity index (χ1n) is 3.31. The van der Waals surface area contributed by atoms with Crippen LogP contribution in [0.4, 0.5) is 13.2 Å². The highest BCUT2D eigenvalue weighted by Gasteiger charge is 2.27. The monoisotopic (exact) mass is 184 g/mol. The first-order chi connectivity index (χ1) is 4.95. The predicted molar refractivity (Wildman–Crippen MR) is 39.9 cm³/mol. The van der Waals surface area contributed by atoms with Gasteiger partial charge in [-0.3, -0.25) is 0 Å². The number of hydrogen-bond acceptors (Lipinski definition) is 1. The topological polar surface area (TPSA) is 20.2 Å². The highest BCUT2D eigenvalue weighted by molar-refractivity contribution is 6.50. The lowest BCUT2D eigenvalue weighted by molar-refractivity contribution is -0.130. The minimum absolute atomic E-state index is 0.102. The Hall–Kier alpha value is -0.293. The third-order valence-electron chi connectivity index (χ3n) is 1.20. The van der Waals surface area contributed by atoms with Crippen molar-refractivity contribution in [3.8, 4) is 0 Å². The number of hydrogen-bond donors (Lipinski definition) is 1. The van der Waals surface area contributed by atoms with Crippen LogP contribution in [0.15, 0.2) is 12.7 Å². The molecule has 11 heavy (non-hydrogen) atoms. The normalized spacial score (nSPS) is 14.5. The van der Waals surface area contributed by atoms with Crippen molar-refractivity contribution in [2.75, 3.05) is 0 Å². The van der Waals surface area contributed by atoms with Crippen LogP contribution in [0.25, 0.3) is 0 Å². The fraction of sp³-hybridized carbons (Fsp3) is 0.667. The van der Waals surface area contributed by atoms with E-state index >= 15 is 0 Å². The number of alkyl halides is 3. The molecule has 0 saturated carbocycles. The summed E-state index contributed by atoms with van der Waals surface area (Å²) < 4.78 is 34.6. The van der Waals surface area contributed by atoms with Gasteiger partial charge in [-0.2, -0.15) is 13.2 Å². The standard InChI is InChI=1S/C6H11F3OSi/c1-2-4-11(10)5-3-6(7,8)9/h2,10-11H,1,3-5H2. The molecule has 66 valence electrons. The molecular weight excluding hydrogens is 173 g/mol. The lowest BCUT2D eigenvalue weighted by Gasteiger charge is -2.07. The van der Waals surface area contributed by atoms with Gasteiger partial charge >= 0.3 is 6.18 Å². The Morgan fingerprint density at radius 3 is 2.36 bits per heavy atom. The van der Waals surface area contributed by atoms with Crippen LogP contribution in [0.2, 0.25) is 12.1 Å². The summed E-state index contributed by atoms with van der Waals surface area (Å²) in [6.45, 7) is 3.34. The largest absolute Gasteiger partial charge is 0.434 e. The summed E-state index contributed by atoms with van der Waals surface area (Å²) in [5.41, 5.74) is 0. The van der Waals surface area contributed by atoms with Gasteiger partial charge in [-0.25, -0.2) is 0 Å². The molecule has 0 aromatic heterocycles. The SMILES string of the molecule is C=CC[SiH](O)CCC(F)(F)F. The molecule has 1 atom stereocenters. The Labute approximate surface area is 65.3 Å². The predicted octanol–water partition coefficient (Wildman–Crippen LogP) is 1.84. The van der Waals surface area contributed by atoms with Crippen LogP contribution in [0, 0.1) is 0 Å². The highest BCUT2D eigenvalue weighted by atomic mass is 28.3. The first kappa shape index (κ1) is 10.7. The summed E-state index contributed by atoms with van der Waals surface area (Å²) in [4.78, 5) is 8.98. The minimum atomic E-state index is -4.13. The third-order valence-corrected chi connectivity index (χ3v) is 3.03. The number of halogens is 3. The molecule has 0 fully saturated rings. The van der Waals surface area contributed by atoms with E-state index in [-0.39, 0.29) is 6.04 Å². The summed E-state index contributed by atoms with van der Waals surface area (Å²) in [7, 11) is -2.14. The fourth-order valence-electron chi connectivity index (χ4n) is 0.641. The van der Waals surface area contributed by atoms with Gasteiger partial charge in [0.25, 0.3) is 0 Å². The van der Waals surface area contributed by atoms with Crippen molar-refractivity contribution < 1.29 is 18.0 Å². The van der Waals surface area contributed by atoms with Gasteiger partial charge in [0.2, 0.25) is 0 Å². The summed E-state index contributed by atoms with van der Waals surface area (Å²) in [5, 5.41) is 0. The average Bonchev–Trinajstić information content (AvgIpc) is 1.83. The van der Waals surface area contributed by atoms with Crippen LogP contribution >= 0.6 is 0 Å². The van der Waals surface area contributed by atoms with Crippen molar-refractivity contribution >= 4 is 9.04 Å². The van der Waals surface area contributed by atoms with Crippen LogP contribution in [0.1, 0.15) is 6.42 Å². The minimum Gasteiger partial charge on any atom is -0.434 e. The van der Waals surface area contributed by atoms with Crippen molar-refractivity contribution in [1.82, 2.24) is 0 Å². The zero-order valence-electron chi connectivity index (χ0n) is 6.06. The van der Waals surface area contributed by atoms with E-state index in [4.69, 9.17) is 4.80 Å². The zero-order chi connectivity index (χ0) is 8.91. The van der Waals surface area contributed by atoms with E-state index in [1.807, 2.05) is 0 Å². The molecule has 0 saturated heterocycles. The molecule has 0 spiro atoms. The molecule has 1 N–H and O–H groups in total. The summed E-state index contributed by atoms with van der Waals surface area (Å²) in [6.07, 6.45) is -3.53. The molecule has 1 nitrogen and oxygen atoms in total. The molecular formula is C6H11F3OSi. The van der Waals surface area contributed by atoms with Gasteiger partial charge in [0.15, 0.2) is 9.04 Å². The number of rotatable bonds is 4. The third kappa shape index (κ3) is 7.61. The maximum Gasteiger partial charge on any atom is 0.388 e. The summed E-state index contributed by atoms with van der Waals surface area (Å²) in [6, 6.07) is 0.256. The van der Waals surface area contributed by atoms with E-state index < -0.39 is 21.6 Å². The van der Waals surface area contributed by atoms with Crippen LogP contribution in [0.3, 0.4) is 0 Å². The first-order valence-corrected chi connectivity index (χ1v) is 5.46. The van der Waals surface area contributed by atoms with Gasteiger partial charge in [-0.1, -0.05) is 6.08 Å². The molecule has 0 aliphatic heterocycles. The Balaban J connectivity index is 3.45. The molecule has 0 heterocycles. The van der Waals surface area contributed by atoms with Crippen LogP contribution < -0.4 is 0 Å². The lowest BCUT2D eigenvalue weighted by atomic mass is 10.5. The van der Waals surface area contributed by atoms with Gasteiger partial charge in [0.1, 0.15) is 0 Å². The van der Waals surface area contributed by atoms with E-state index in [2.05, 4.69) is 6.58 Å². The van der Waals surface area contributed by atoms with Gasteiger partial charge in [-0.15, -0.1) is 6.58 Å². The average molecular weight is 184 g/mol. The van der Waals surface area contributed by atoms with Gasteiger partial charge in [-0.05, 0) is 12.1 Å². The Bertz CT molecular complexity index is 123. The maximum atomic E-state index is 11.5. The van der Waals surface area contributed by atoms with Crippen molar-refractivity contribution in [1.29, 1.82) is 0 Å². The van der Waals surface area contributed by atoms with E-state index in [0.29, 0.717) is 6.04 Å². The lowest BCUT2D eigenvalue weighted by Crippen LogP contribution is -2.16. The second kappa shape index (κ2) is 4.56. The van der Waals surface area contributed by atoms with Crippen LogP contribution in [-0.4, -0.2) is 20.0 Å². The number of allylic oxidation sites excluding steroid dienone is 1. The Morgan fingerprint density at radius 2 is 2.00 bits per heavy atom. The molecule has 0 aliphatic carbocycles. The second-order valence-corrected chi connectivity index (χ2v) is 4.69. The van der Waals surface area contributed by atoms with E-state index in [1.54, 1.807) is 0 Å². The molecule has 5 heteroatoms. The zero-order valence-corrected chi connectivity index (χ0v) is 7.22. The smallest absolute Gasteiger partial charge is 0.388 e. The van der Waals surface area contributed by atoms with E-state index in [0.717, 1.165) is 0 Å². The molecule has 1 unspecified atom stereocenters. The quantitative estimate of drug-likeness (QED) is 0.522. The van der Waals surface area contributed by atoms with Crippen molar-refractivity contribution in [3.63, 3.8) is 0 Å². The molecule has 0 aliphatic rings. The maximum absolute atomic E-state index is 11.5. The molecule has 0 bridgehead atoms.